The molecule has 23 heavy (non-hydrogen) atoms. The molecule has 0 unspecified atom stereocenters. The topological polar surface area (TPSA) is 58.6 Å². The lowest BCUT2D eigenvalue weighted by molar-refractivity contribution is -0.132. The van der Waals surface area contributed by atoms with Crippen molar-refractivity contribution < 1.29 is 14.6 Å². The number of hydrogen-bond acceptors (Lipinski definition) is 3. The van der Waals surface area contributed by atoms with Gasteiger partial charge in [-0.1, -0.05) is 17.7 Å². The van der Waals surface area contributed by atoms with Crippen molar-refractivity contribution in [2.45, 2.75) is 58.0 Å². The van der Waals surface area contributed by atoms with Crippen LogP contribution in [0.1, 0.15) is 46.1 Å². The van der Waals surface area contributed by atoms with Crippen LogP contribution in [-0.2, 0) is 11.2 Å². The Hall–Kier alpha value is -1.81. The largest absolute Gasteiger partial charge is 0.497 e. The Bertz CT molecular complexity index is 594. The highest BCUT2D eigenvalue weighted by atomic mass is 16.5. The second-order valence-corrected chi connectivity index (χ2v) is 7.66. The number of aliphatic carboxylic acids is 1. The van der Waals surface area contributed by atoms with E-state index >= 15 is 0 Å². The molecule has 4 nitrogen and oxygen atoms in total. The Labute approximate surface area is 138 Å². The predicted octanol–water partition coefficient (Wildman–Crippen LogP) is 3.56. The highest BCUT2D eigenvalue weighted by Gasteiger charge is 2.36. The fraction of sp³-hybridized carbons (Fsp3) is 0.526. The molecule has 1 aromatic carbocycles. The first-order chi connectivity index (χ1) is 10.6. The van der Waals surface area contributed by atoms with Crippen LogP contribution in [0.5, 0.6) is 5.75 Å². The van der Waals surface area contributed by atoms with E-state index in [4.69, 9.17) is 4.74 Å². The molecule has 126 valence electrons. The Morgan fingerprint density at radius 2 is 1.65 bits per heavy atom. The maximum atomic E-state index is 11.8. The summed E-state index contributed by atoms with van der Waals surface area (Å²) >= 11 is 0. The van der Waals surface area contributed by atoms with E-state index in [0.29, 0.717) is 12.0 Å². The van der Waals surface area contributed by atoms with E-state index in [2.05, 4.69) is 33.0 Å². The van der Waals surface area contributed by atoms with Gasteiger partial charge in [0.15, 0.2) is 0 Å². The third-order valence-electron chi connectivity index (χ3n) is 4.21. The van der Waals surface area contributed by atoms with Gasteiger partial charge in [0.05, 0.1) is 7.11 Å². The third kappa shape index (κ3) is 4.58. The second-order valence-electron chi connectivity index (χ2n) is 7.66. The molecule has 1 fully saturated rings. The van der Waals surface area contributed by atoms with Crippen LogP contribution in [-0.4, -0.2) is 29.3 Å². The molecule has 0 aliphatic carbocycles. The van der Waals surface area contributed by atoms with Crippen LogP contribution in [0.2, 0.25) is 0 Å². The molecule has 1 aliphatic heterocycles. The van der Waals surface area contributed by atoms with Crippen molar-refractivity contribution in [3.8, 4) is 5.75 Å². The van der Waals surface area contributed by atoms with E-state index in [9.17, 15) is 9.90 Å². The average molecular weight is 317 g/mol. The van der Waals surface area contributed by atoms with Gasteiger partial charge in [-0.25, -0.2) is 4.79 Å². The van der Waals surface area contributed by atoms with Crippen LogP contribution in [0.4, 0.5) is 0 Å². The van der Waals surface area contributed by atoms with Gasteiger partial charge in [-0.2, -0.15) is 0 Å². The highest BCUT2D eigenvalue weighted by molar-refractivity contribution is 5.88. The summed E-state index contributed by atoms with van der Waals surface area (Å²) in [6, 6.07) is 7.60. The maximum Gasteiger partial charge on any atom is 0.331 e. The van der Waals surface area contributed by atoms with Crippen LogP contribution in [0.3, 0.4) is 0 Å². The van der Waals surface area contributed by atoms with Crippen LogP contribution in [0, 0.1) is 0 Å². The van der Waals surface area contributed by atoms with Gasteiger partial charge in [0.1, 0.15) is 5.75 Å². The minimum absolute atomic E-state index is 0.0995. The SMILES string of the molecule is COc1ccc(CC(C(=O)O)=C2CC(C)(C)NC(C)(C)C2)cc1. The zero-order valence-electron chi connectivity index (χ0n) is 14.7. The molecule has 2 rings (SSSR count). The molecule has 1 aromatic rings. The summed E-state index contributed by atoms with van der Waals surface area (Å²) in [6.07, 6.45) is 1.96. The molecular weight excluding hydrogens is 290 g/mol. The molecule has 0 atom stereocenters. The summed E-state index contributed by atoms with van der Waals surface area (Å²) in [5.74, 6) is -0.0354. The van der Waals surface area contributed by atoms with E-state index in [-0.39, 0.29) is 11.1 Å². The number of piperidine rings is 1. The van der Waals surface area contributed by atoms with E-state index < -0.39 is 5.97 Å². The quantitative estimate of drug-likeness (QED) is 0.834. The van der Waals surface area contributed by atoms with E-state index in [1.807, 2.05) is 24.3 Å². The summed E-state index contributed by atoms with van der Waals surface area (Å²) in [4.78, 5) is 11.8. The van der Waals surface area contributed by atoms with Gasteiger partial charge in [-0.05, 0) is 58.2 Å². The molecule has 4 heteroatoms. The summed E-state index contributed by atoms with van der Waals surface area (Å²) in [5, 5.41) is 13.3. The number of ether oxygens (including phenoxy) is 1. The molecule has 0 radical (unpaired) electrons. The number of benzene rings is 1. The molecule has 0 aromatic heterocycles. The van der Waals surface area contributed by atoms with Crippen molar-refractivity contribution in [1.82, 2.24) is 5.32 Å². The van der Waals surface area contributed by atoms with Gasteiger partial charge in [0.2, 0.25) is 0 Å². The summed E-state index contributed by atoms with van der Waals surface area (Å²) < 4.78 is 5.16. The number of carboxylic acids is 1. The molecule has 1 aliphatic rings. The summed E-state index contributed by atoms with van der Waals surface area (Å²) in [5.41, 5.74) is 2.36. The molecule has 1 heterocycles. The first-order valence-electron chi connectivity index (χ1n) is 7.98. The van der Waals surface area contributed by atoms with Crippen LogP contribution >= 0.6 is 0 Å². The number of nitrogens with one attached hydrogen (secondary N) is 1. The first kappa shape index (κ1) is 17.5. The lowest BCUT2D eigenvalue weighted by Gasteiger charge is -2.44. The van der Waals surface area contributed by atoms with Crippen LogP contribution < -0.4 is 10.1 Å². The Morgan fingerprint density at radius 3 is 2.09 bits per heavy atom. The Morgan fingerprint density at radius 1 is 1.13 bits per heavy atom. The molecule has 0 bridgehead atoms. The number of methoxy groups -OCH3 is 1. The van der Waals surface area contributed by atoms with Crippen LogP contribution in [0.25, 0.3) is 0 Å². The third-order valence-corrected chi connectivity index (χ3v) is 4.21. The lowest BCUT2D eigenvalue weighted by Crippen LogP contribution is -2.56. The zero-order valence-corrected chi connectivity index (χ0v) is 14.7. The predicted molar refractivity (Wildman–Crippen MR) is 91.9 cm³/mol. The first-order valence-corrected chi connectivity index (χ1v) is 7.98. The fourth-order valence-electron chi connectivity index (χ4n) is 3.65. The second kappa shape index (κ2) is 6.36. The normalized spacial score (nSPS) is 19.3. The minimum atomic E-state index is -0.815. The summed E-state index contributed by atoms with van der Waals surface area (Å²) in [6.45, 7) is 8.50. The standard InChI is InChI=1S/C19H27NO3/c1-18(2)11-14(12-19(3,4)20-18)16(17(21)22)10-13-6-8-15(23-5)9-7-13/h6-9,20H,10-12H2,1-5H3,(H,21,22). The number of carbonyl (C=O) groups is 1. The molecule has 0 spiro atoms. The molecule has 1 saturated heterocycles. The van der Waals surface area contributed by atoms with Crippen molar-refractivity contribution in [3.05, 3.63) is 41.0 Å². The fourth-order valence-corrected chi connectivity index (χ4v) is 3.65. The number of carboxylic acid groups (broad SMARTS) is 1. The van der Waals surface area contributed by atoms with Gasteiger partial charge in [0, 0.05) is 23.1 Å². The smallest absolute Gasteiger partial charge is 0.331 e. The van der Waals surface area contributed by atoms with Crippen LogP contribution in [0.15, 0.2) is 35.4 Å². The van der Waals surface area contributed by atoms with Crippen molar-refractivity contribution in [2.24, 2.45) is 0 Å². The van der Waals surface area contributed by atoms with E-state index in [1.165, 1.54) is 0 Å². The van der Waals surface area contributed by atoms with Gasteiger partial charge < -0.3 is 15.2 Å². The Balaban J connectivity index is 2.34. The Kier molecular flexibility index (Phi) is 4.85. The van der Waals surface area contributed by atoms with Gasteiger partial charge >= 0.3 is 5.97 Å². The lowest BCUT2D eigenvalue weighted by atomic mass is 9.77. The van der Waals surface area contributed by atoms with Crippen molar-refractivity contribution in [3.63, 3.8) is 0 Å². The zero-order chi connectivity index (χ0) is 17.3. The van der Waals surface area contributed by atoms with E-state index in [1.54, 1.807) is 7.11 Å². The minimum Gasteiger partial charge on any atom is -0.497 e. The maximum absolute atomic E-state index is 11.8. The van der Waals surface area contributed by atoms with Crippen molar-refractivity contribution in [2.75, 3.05) is 7.11 Å². The highest BCUT2D eigenvalue weighted by Crippen LogP contribution is 2.35. The summed E-state index contributed by atoms with van der Waals surface area (Å²) in [7, 11) is 1.62. The van der Waals surface area contributed by atoms with E-state index in [0.717, 1.165) is 29.7 Å². The van der Waals surface area contributed by atoms with Gasteiger partial charge in [0.25, 0.3) is 0 Å². The van der Waals surface area contributed by atoms with Crippen molar-refractivity contribution >= 4 is 5.97 Å². The van der Waals surface area contributed by atoms with Gasteiger partial charge in [-0.3, -0.25) is 0 Å². The molecular formula is C19H27NO3. The van der Waals surface area contributed by atoms with Gasteiger partial charge in [-0.15, -0.1) is 0 Å². The number of rotatable bonds is 4. The monoisotopic (exact) mass is 317 g/mol. The molecule has 2 N–H and O–H groups in total. The van der Waals surface area contributed by atoms with Crippen molar-refractivity contribution in [1.29, 1.82) is 0 Å². The molecule has 0 saturated carbocycles. The molecule has 0 amide bonds. The average Bonchev–Trinajstić information content (AvgIpc) is 2.41. The number of hydrogen-bond donors (Lipinski definition) is 2.